The molecule has 0 heterocycles. The van der Waals surface area contributed by atoms with Gasteiger partial charge in [0.15, 0.2) is 0 Å². The molecular weight excluding hydrogens is 108 g/mol. The van der Waals surface area contributed by atoms with Crippen molar-refractivity contribution in [3.63, 3.8) is 0 Å². The Hall–Kier alpha value is -0.390. The van der Waals surface area contributed by atoms with Crippen LogP contribution in [0.1, 0.15) is 32.1 Å². The van der Waals surface area contributed by atoms with Gasteiger partial charge in [0.2, 0.25) is 0 Å². The topological polar surface area (TPSA) is 0 Å². The third-order valence-electron chi connectivity index (χ3n) is 1.29. The van der Waals surface area contributed by atoms with Crippen LogP contribution in [0, 0.1) is 13.3 Å². The first-order valence-electron chi connectivity index (χ1n) is 3.65. The Morgan fingerprint density at radius 1 is 1.33 bits per heavy atom. The fourth-order valence-corrected chi connectivity index (χ4v) is 0.734. The van der Waals surface area contributed by atoms with Gasteiger partial charge in [-0.1, -0.05) is 12.8 Å². The molecule has 0 saturated heterocycles. The molecule has 0 N–H and O–H groups in total. The van der Waals surface area contributed by atoms with Crippen molar-refractivity contribution in [3.05, 3.63) is 26.0 Å². The van der Waals surface area contributed by atoms with Crippen LogP contribution in [0.5, 0.6) is 0 Å². The second-order valence-electron chi connectivity index (χ2n) is 2.17. The van der Waals surface area contributed by atoms with Gasteiger partial charge in [-0.25, -0.2) is 0 Å². The molecule has 0 aliphatic heterocycles. The minimum atomic E-state index is 1.08. The van der Waals surface area contributed by atoms with Crippen LogP contribution in [0.25, 0.3) is 0 Å². The van der Waals surface area contributed by atoms with Gasteiger partial charge in [0.05, 0.1) is 6.08 Å². The number of hydrogen-bond acceptors (Lipinski definition) is 0. The standard InChI is InChI=1S/C9H16/c1-3-5-7-9-8-6-4-2/h3,5H,1-2,4,6-9H2. The van der Waals surface area contributed by atoms with Gasteiger partial charge in [-0.2, -0.15) is 6.42 Å². The lowest BCUT2D eigenvalue weighted by molar-refractivity contribution is 0.686. The molecule has 0 rings (SSSR count). The Labute approximate surface area is 59.0 Å². The van der Waals surface area contributed by atoms with Gasteiger partial charge in [0.25, 0.3) is 0 Å². The van der Waals surface area contributed by atoms with Gasteiger partial charge in [-0.15, -0.1) is 0 Å². The average molecular weight is 124 g/mol. The summed E-state index contributed by atoms with van der Waals surface area (Å²) in [4.78, 5) is 0. The summed E-state index contributed by atoms with van der Waals surface area (Å²) in [7, 11) is 0. The fraction of sp³-hybridized carbons (Fsp3) is 0.556. The van der Waals surface area contributed by atoms with E-state index in [0.29, 0.717) is 0 Å². The zero-order valence-electron chi connectivity index (χ0n) is 6.10. The second-order valence-corrected chi connectivity index (χ2v) is 2.17. The molecule has 0 aliphatic carbocycles. The van der Waals surface area contributed by atoms with E-state index in [-0.39, 0.29) is 0 Å². The highest BCUT2D eigenvalue weighted by atomic mass is 13.9. The van der Waals surface area contributed by atoms with Crippen molar-refractivity contribution in [2.24, 2.45) is 0 Å². The van der Waals surface area contributed by atoms with Gasteiger partial charge in [-0.05, 0) is 6.42 Å². The molecule has 0 spiro atoms. The first-order chi connectivity index (χ1) is 4.41. The molecule has 0 aliphatic rings. The highest BCUT2D eigenvalue weighted by Crippen LogP contribution is 2.03. The Morgan fingerprint density at radius 2 is 2.11 bits per heavy atom. The van der Waals surface area contributed by atoms with Crippen molar-refractivity contribution in [1.29, 1.82) is 0 Å². The zero-order valence-corrected chi connectivity index (χ0v) is 6.10. The summed E-state index contributed by atoms with van der Waals surface area (Å²) in [6.45, 7) is 7.38. The number of hydrogen-bond donors (Lipinski definition) is 0. The highest BCUT2D eigenvalue weighted by molar-refractivity contribution is 4.85. The Morgan fingerprint density at radius 3 is 2.67 bits per heavy atom. The molecule has 9 heavy (non-hydrogen) atoms. The van der Waals surface area contributed by atoms with Crippen molar-refractivity contribution in [3.8, 4) is 0 Å². The van der Waals surface area contributed by atoms with E-state index in [1.807, 2.05) is 6.08 Å². The Bertz CT molecular complexity index is 55.1. The van der Waals surface area contributed by atoms with Crippen LogP contribution in [0.3, 0.4) is 0 Å². The molecule has 52 valence electrons. The molecule has 0 aromatic heterocycles. The van der Waals surface area contributed by atoms with Gasteiger partial charge in [0.1, 0.15) is 0 Å². The monoisotopic (exact) mass is 124 g/mol. The van der Waals surface area contributed by atoms with E-state index in [2.05, 4.69) is 19.9 Å². The van der Waals surface area contributed by atoms with Crippen LogP contribution in [0.2, 0.25) is 0 Å². The molecule has 0 amide bonds. The van der Waals surface area contributed by atoms with E-state index in [1.165, 1.54) is 25.7 Å². The number of allylic oxidation sites excluding steroid dienone is 1. The summed E-state index contributed by atoms with van der Waals surface area (Å²) in [5.41, 5.74) is 0. The smallest absolute Gasteiger partial charge is 0.0864 e. The van der Waals surface area contributed by atoms with Crippen LogP contribution in [-0.4, -0.2) is 0 Å². The summed E-state index contributed by atoms with van der Waals surface area (Å²) < 4.78 is 0. The molecule has 0 aromatic carbocycles. The lowest BCUT2D eigenvalue weighted by atomic mass is 10.1. The predicted molar refractivity (Wildman–Crippen MR) is 42.9 cm³/mol. The van der Waals surface area contributed by atoms with Crippen LogP contribution >= 0.6 is 0 Å². The lowest BCUT2D eigenvalue weighted by Gasteiger charge is -1.95. The third kappa shape index (κ3) is 7.61. The first-order valence-corrected chi connectivity index (χ1v) is 3.65. The van der Waals surface area contributed by atoms with E-state index >= 15 is 0 Å². The Kier molecular flexibility index (Phi) is 7.28. The third-order valence-corrected chi connectivity index (χ3v) is 1.29. The van der Waals surface area contributed by atoms with Crippen molar-refractivity contribution in [2.45, 2.75) is 32.1 Å². The summed E-state index contributed by atoms with van der Waals surface area (Å²) in [5.74, 6) is 0. The van der Waals surface area contributed by atoms with E-state index < -0.39 is 0 Å². The second kappa shape index (κ2) is 7.61. The van der Waals surface area contributed by atoms with Crippen LogP contribution < -0.4 is 0 Å². The molecule has 0 aromatic rings. The van der Waals surface area contributed by atoms with E-state index in [0.717, 1.165) is 6.42 Å². The van der Waals surface area contributed by atoms with Crippen molar-refractivity contribution in [1.82, 2.24) is 0 Å². The molecule has 0 atom stereocenters. The van der Waals surface area contributed by atoms with E-state index in [1.54, 1.807) is 0 Å². The van der Waals surface area contributed by atoms with Crippen LogP contribution in [0.4, 0.5) is 0 Å². The highest BCUT2D eigenvalue weighted by Gasteiger charge is 1.87. The average Bonchev–Trinajstić information content (AvgIpc) is 1.89. The number of rotatable bonds is 6. The van der Waals surface area contributed by atoms with Crippen molar-refractivity contribution < 1.29 is 0 Å². The molecule has 0 saturated carbocycles. The SMILES string of the molecule is C=C[CH+]CCCCC[CH2-]. The number of unbranched alkanes of at least 4 members (excludes halogenated alkanes) is 5. The summed E-state index contributed by atoms with van der Waals surface area (Å²) >= 11 is 0. The molecule has 0 radical (unpaired) electrons. The van der Waals surface area contributed by atoms with E-state index in [9.17, 15) is 0 Å². The normalized spacial score (nSPS) is 9.00. The minimum Gasteiger partial charge on any atom is -0.343 e. The molecule has 0 unspecified atom stereocenters. The van der Waals surface area contributed by atoms with Crippen molar-refractivity contribution >= 4 is 0 Å². The van der Waals surface area contributed by atoms with Gasteiger partial charge in [0, 0.05) is 19.4 Å². The van der Waals surface area contributed by atoms with E-state index in [4.69, 9.17) is 0 Å². The summed E-state index contributed by atoms with van der Waals surface area (Å²) in [6.07, 6.45) is 10.1. The van der Waals surface area contributed by atoms with Gasteiger partial charge in [-0.3, -0.25) is 0 Å². The largest absolute Gasteiger partial charge is 0.343 e. The van der Waals surface area contributed by atoms with Crippen LogP contribution in [0.15, 0.2) is 12.7 Å². The molecule has 0 heteroatoms. The predicted octanol–water partition coefficient (Wildman–Crippen LogP) is 3.16. The van der Waals surface area contributed by atoms with Gasteiger partial charge >= 0.3 is 0 Å². The Balaban J connectivity index is 2.66. The first kappa shape index (κ1) is 8.61. The maximum absolute atomic E-state index is 3.77. The maximum Gasteiger partial charge on any atom is 0.0864 e. The van der Waals surface area contributed by atoms with Crippen LogP contribution in [-0.2, 0) is 0 Å². The molecule has 0 bridgehead atoms. The summed E-state index contributed by atoms with van der Waals surface area (Å²) in [5, 5.41) is 0. The van der Waals surface area contributed by atoms with Crippen molar-refractivity contribution in [2.75, 3.05) is 0 Å². The zero-order chi connectivity index (χ0) is 6.95. The molecular formula is C9H16. The summed E-state index contributed by atoms with van der Waals surface area (Å²) in [6, 6.07) is 0. The molecule has 0 nitrogen and oxygen atoms in total. The fourth-order valence-electron chi connectivity index (χ4n) is 0.734. The quantitative estimate of drug-likeness (QED) is 0.377. The molecule has 0 fully saturated rings. The minimum absolute atomic E-state index is 1.08. The van der Waals surface area contributed by atoms with Gasteiger partial charge < -0.3 is 6.92 Å². The maximum atomic E-state index is 3.77. The lowest BCUT2D eigenvalue weighted by Crippen LogP contribution is -1.75.